The zero-order valence-corrected chi connectivity index (χ0v) is 9.42. The van der Waals surface area contributed by atoms with Crippen molar-refractivity contribution in [3.05, 3.63) is 47.4 Å². The van der Waals surface area contributed by atoms with Crippen molar-refractivity contribution < 1.29 is 13.2 Å². The molecule has 0 amide bonds. The van der Waals surface area contributed by atoms with Gasteiger partial charge >= 0.3 is 0 Å². The maximum absolute atomic E-state index is 13.0. The summed E-state index contributed by atoms with van der Waals surface area (Å²) in [7, 11) is 0. The van der Waals surface area contributed by atoms with Gasteiger partial charge in [0, 0.05) is 24.0 Å². The quantitative estimate of drug-likeness (QED) is 0.818. The molecule has 19 heavy (non-hydrogen) atoms. The molecule has 0 aliphatic heterocycles. The van der Waals surface area contributed by atoms with Crippen molar-refractivity contribution in [3.63, 3.8) is 0 Å². The largest absolute Gasteiger partial charge is 0.396 e. The molecule has 0 unspecified atom stereocenters. The summed E-state index contributed by atoms with van der Waals surface area (Å²) in [6, 6.07) is 4.75. The first-order valence-corrected chi connectivity index (χ1v) is 5.08. The van der Waals surface area contributed by atoms with E-state index in [-0.39, 0.29) is 22.8 Å². The number of pyridine rings is 1. The number of hydrogen-bond donors (Lipinski definition) is 2. The van der Waals surface area contributed by atoms with Gasteiger partial charge in [-0.05, 0) is 6.07 Å². The highest BCUT2D eigenvalue weighted by Gasteiger charge is 2.11. The van der Waals surface area contributed by atoms with E-state index in [2.05, 4.69) is 10.3 Å². The lowest BCUT2D eigenvalue weighted by atomic mass is 10.2. The molecule has 4 nitrogen and oxygen atoms in total. The lowest BCUT2D eigenvalue weighted by Gasteiger charge is -2.09. The van der Waals surface area contributed by atoms with Crippen molar-refractivity contribution in [2.45, 2.75) is 0 Å². The van der Waals surface area contributed by atoms with Crippen LogP contribution in [0.5, 0.6) is 0 Å². The van der Waals surface area contributed by atoms with Crippen molar-refractivity contribution in [2.75, 3.05) is 11.1 Å². The summed E-state index contributed by atoms with van der Waals surface area (Å²) in [5.74, 6) is -4.08. The average molecular weight is 264 g/mol. The predicted octanol–water partition coefficient (Wildman–Crippen LogP) is 2.70. The molecule has 2 rings (SSSR count). The standard InChI is InChI=1S/C12H7F3N4/c13-8-2-7(3-9(14)11(8)15)19-12-10(17)1-6(4-16)5-18-12/h1-3,5H,17H2,(H,18,19). The van der Waals surface area contributed by atoms with Crippen molar-refractivity contribution >= 4 is 17.2 Å². The number of aromatic nitrogens is 1. The Kier molecular flexibility index (Phi) is 3.25. The Balaban J connectivity index is 2.34. The number of benzene rings is 1. The van der Waals surface area contributed by atoms with Gasteiger partial charge < -0.3 is 11.1 Å². The smallest absolute Gasteiger partial charge is 0.194 e. The van der Waals surface area contributed by atoms with Gasteiger partial charge in [0.1, 0.15) is 6.07 Å². The van der Waals surface area contributed by atoms with Crippen molar-refractivity contribution in [1.82, 2.24) is 4.98 Å². The Morgan fingerprint density at radius 3 is 2.32 bits per heavy atom. The highest BCUT2D eigenvalue weighted by atomic mass is 19.2. The summed E-state index contributed by atoms with van der Waals surface area (Å²) >= 11 is 0. The first-order chi connectivity index (χ1) is 9.01. The fraction of sp³-hybridized carbons (Fsp3) is 0. The topological polar surface area (TPSA) is 74.7 Å². The molecule has 0 radical (unpaired) electrons. The molecule has 0 atom stereocenters. The van der Waals surface area contributed by atoms with Crippen LogP contribution in [-0.4, -0.2) is 4.98 Å². The van der Waals surface area contributed by atoms with Crippen molar-refractivity contribution in [3.8, 4) is 6.07 Å². The minimum atomic E-state index is -1.55. The summed E-state index contributed by atoms with van der Waals surface area (Å²) in [6.45, 7) is 0. The van der Waals surface area contributed by atoms with E-state index in [1.165, 1.54) is 12.3 Å². The number of nitrogens with one attached hydrogen (secondary N) is 1. The van der Waals surface area contributed by atoms with Crippen molar-refractivity contribution in [1.29, 1.82) is 5.26 Å². The molecule has 3 N–H and O–H groups in total. The zero-order valence-electron chi connectivity index (χ0n) is 9.42. The normalized spacial score (nSPS) is 10.0. The second-order valence-corrected chi connectivity index (χ2v) is 3.65. The highest BCUT2D eigenvalue weighted by molar-refractivity contribution is 5.69. The third kappa shape index (κ3) is 2.57. The van der Waals surface area contributed by atoms with Gasteiger partial charge in [-0.1, -0.05) is 0 Å². The van der Waals surface area contributed by atoms with E-state index < -0.39 is 17.5 Å². The number of nitrogens with two attached hydrogens (primary N) is 1. The number of nitrogen functional groups attached to an aromatic ring is 1. The number of nitriles is 1. The van der Waals surface area contributed by atoms with Crippen LogP contribution in [0.25, 0.3) is 0 Å². The Morgan fingerprint density at radius 1 is 1.16 bits per heavy atom. The van der Waals surface area contributed by atoms with Gasteiger partial charge in [0.2, 0.25) is 0 Å². The molecule has 7 heteroatoms. The first kappa shape index (κ1) is 12.7. The van der Waals surface area contributed by atoms with E-state index >= 15 is 0 Å². The summed E-state index contributed by atoms with van der Waals surface area (Å²) < 4.78 is 38.8. The van der Waals surface area contributed by atoms with E-state index in [1.54, 1.807) is 0 Å². The minimum absolute atomic E-state index is 0.0414. The monoisotopic (exact) mass is 264 g/mol. The molecule has 0 fully saturated rings. The molecular formula is C12H7F3N4. The summed E-state index contributed by atoms with van der Waals surface area (Å²) in [6.07, 6.45) is 1.24. The Labute approximate surface area is 106 Å². The Bertz CT molecular complexity index is 656. The molecule has 1 aromatic carbocycles. The van der Waals surface area contributed by atoms with Gasteiger partial charge in [0.15, 0.2) is 23.3 Å². The second-order valence-electron chi connectivity index (χ2n) is 3.65. The molecule has 0 saturated heterocycles. The number of rotatable bonds is 2. The fourth-order valence-electron chi connectivity index (χ4n) is 1.41. The van der Waals surface area contributed by atoms with Gasteiger partial charge in [-0.2, -0.15) is 5.26 Å². The van der Waals surface area contributed by atoms with Gasteiger partial charge in [-0.3, -0.25) is 0 Å². The van der Waals surface area contributed by atoms with Crippen LogP contribution in [0.3, 0.4) is 0 Å². The molecule has 1 heterocycles. The van der Waals surface area contributed by atoms with Gasteiger partial charge in [-0.15, -0.1) is 0 Å². The van der Waals surface area contributed by atoms with Crippen LogP contribution in [0.15, 0.2) is 24.4 Å². The lowest BCUT2D eigenvalue weighted by molar-refractivity contribution is 0.448. The Hall–Kier alpha value is -2.75. The highest BCUT2D eigenvalue weighted by Crippen LogP contribution is 2.24. The third-order valence-electron chi connectivity index (χ3n) is 2.29. The molecule has 0 saturated carbocycles. The number of nitrogens with zero attached hydrogens (tertiary/aromatic N) is 2. The molecule has 2 aromatic rings. The summed E-state index contributed by atoms with van der Waals surface area (Å²) in [5.41, 5.74) is 5.95. The molecule has 0 bridgehead atoms. The van der Waals surface area contributed by atoms with Crippen LogP contribution in [0.1, 0.15) is 5.56 Å². The SMILES string of the molecule is N#Cc1cnc(Nc2cc(F)c(F)c(F)c2)c(N)c1. The molecule has 96 valence electrons. The molecule has 1 aromatic heterocycles. The number of halogens is 3. The molecule has 0 aliphatic rings. The van der Waals surface area contributed by atoms with Gasteiger partial charge in [0.25, 0.3) is 0 Å². The van der Waals surface area contributed by atoms with E-state index in [0.717, 1.165) is 12.1 Å². The van der Waals surface area contributed by atoms with Crippen LogP contribution in [-0.2, 0) is 0 Å². The summed E-state index contributed by atoms with van der Waals surface area (Å²) in [5, 5.41) is 11.2. The molecule has 0 spiro atoms. The second kappa shape index (κ2) is 4.86. The zero-order chi connectivity index (χ0) is 14.0. The number of hydrogen-bond acceptors (Lipinski definition) is 4. The predicted molar refractivity (Wildman–Crippen MR) is 63.0 cm³/mol. The molecule has 0 aliphatic carbocycles. The minimum Gasteiger partial charge on any atom is -0.396 e. The van der Waals surface area contributed by atoms with Gasteiger partial charge in [0.05, 0.1) is 11.3 Å². The molecular weight excluding hydrogens is 257 g/mol. The van der Waals surface area contributed by atoms with Crippen LogP contribution >= 0.6 is 0 Å². The van der Waals surface area contributed by atoms with Gasteiger partial charge in [-0.25, -0.2) is 18.2 Å². The van der Waals surface area contributed by atoms with Crippen molar-refractivity contribution in [2.24, 2.45) is 0 Å². The third-order valence-corrected chi connectivity index (χ3v) is 2.29. The summed E-state index contributed by atoms with van der Waals surface area (Å²) in [4.78, 5) is 3.83. The van der Waals surface area contributed by atoms with E-state index in [4.69, 9.17) is 11.0 Å². The first-order valence-electron chi connectivity index (χ1n) is 5.08. The maximum atomic E-state index is 13.0. The van der Waals surface area contributed by atoms with Crippen LogP contribution in [0.2, 0.25) is 0 Å². The fourth-order valence-corrected chi connectivity index (χ4v) is 1.41. The lowest BCUT2D eigenvalue weighted by Crippen LogP contribution is -2.01. The van der Waals surface area contributed by atoms with E-state index in [0.29, 0.717) is 0 Å². The maximum Gasteiger partial charge on any atom is 0.194 e. The number of anilines is 3. The van der Waals surface area contributed by atoms with Crippen LogP contribution in [0, 0.1) is 28.8 Å². The Morgan fingerprint density at radius 2 is 1.79 bits per heavy atom. The van der Waals surface area contributed by atoms with E-state index in [9.17, 15) is 13.2 Å². The van der Waals surface area contributed by atoms with E-state index in [1.807, 2.05) is 6.07 Å². The average Bonchev–Trinajstić information content (AvgIpc) is 2.38. The van der Waals surface area contributed by atoms with Crippen LogP contribution in [0.4, 0.5) is 30.4 Å². The van der Waals surface area contributed by atoms with Crippen LogP contribution < -0.4 is 11.1 Å².